The highest BCUT2D eigenvalue weighted by Gasteiger charge is 2.36. The van der Waals surface area contributed by atoms with Crippen LogP contribution in [0, 0.1) is 5.92 Å². The van der Waals surface area contributed by atoms with Crippen LogP contribution in [-0.4, -0.2) is 16.7 Å². The Morgan fingerprint density at radius 1 is 1.06 bits per heavy atom. The average molecular weight is 268 g/mol. The van der Waals surface area contributed by atoms with E-state index in [-0.39, 0.29) is 23.2 Å². The maximum atomic E-state index is 13.0. The summed E-state index contributed by atoms with van der Waals surface area (Å²) in [5.41, 5.74) is 0.137. The zero-order valence-corrected chi connectivity index (χ0v) is 12.3. The van der Waals surface area contributed by atoms with Gasteiger partial charge >= 0.3 is 6.18 Å². The average Bonchev–Trinajstić information content (AvgIpc) is 2.09. The summed E-state index contributed by atoms with van der Waals surface area (Å²) in [6.45, 7) is 11.1. The van der Waals surface area contributed by atoms with Crippen molar-refractivity contribution in [3.05, 3.63) is 11.1 Å². The van der Waals surface area contributed by atoms with E-state index in [1.807, 2.05) is 34.6 Å². The van der Waals surface area contributed by atoms with Crippen LogP contribution in [0.2, 0.25) is 0 Å². The van der Waals surface area contributed by atoms with Gasteiger partial charge in [-0.1, -0.05) is 33.3 Å². The van der Waals surface area contributed by atoms with E-state index in [9.17, 15) is 13.2 Å². The van der Waals surface area contributed by atoms with E-state index in [0.29, 0.717) is 10.8 Å². The van der Waals surface area contributed by atoms with E-state index >= 15 is 0 Å². The second-order valence-electron chi connectivity index (χ2n) is 5.08. The van der Waals surface area contributed by atoms with Gasteiger partial charge in [0.15, 0.2) is 0 Å². The molecule has 4 heteroatoms. The molecule has 0 amide bonds. The van der Waals surface area contributed by atoms with Gasteiger partial charge in [0.1, 0.15) is 0 Å². The number of thioether (sulfide) groups is 1. The molecule has 0 aromatic rings. The van der Waals surface area contributed by atoms with Crippen molar-refractivity contribution < 1.29 is 13.2 Å². The molecule has 0 nitrogen and oxygen atoms in total. The summed E-state index contributed by atoms with van der Waals surface area (Å²) in [6, 6.07) is 0. The maximum Gasteiger partial charge on any atom is 0.412 e. The lowest BCUT2D eigenvalue weighted by molar-refractivity contribution is -0.0959. The van der Waals surface area contributed by atoms with Crippen LogP contribution in [0.25, 0.3) is 0 Å². The van der Waals surface area contributed by atoms with Crippen LogP contribution < -0.4 is 0 Å². The lowest BCUT2D eigenvalue weighted by Gasteiger charge is -2.22. The van der Waals surface area contributed by atoms with Crippen LogP contribution >= 0.6 is 11.8 Å². The molecule has 0 spiro atoms. The van der Waals surface area contributed by atoms with Crippen molar-refractivity contribution >= 4 is 11.8 Å². The highest BCUT2D eigenvalue weighted by molar-refractivity contribution is 8.00. The fourth-order valence-electron chi connectivity index (χ4n) is 1.66. The van der Waals surface area contributed by atoms with Crippen LogP contribution in [0.15, 0.2) is 11.1 Å². The van der Waals surface area contributed by atoms with Gasteiger partial charge in [0, 0.05) is 10.8 Å². The molecule has 0 saturated carbocycles. The van der Waals surface area contributed by atoms with Crippen molar-refractivity contribution in [1.29, 1.82) is 0 Å². The normalized spacial score (nSPS) is 16.4. The Bertz CT molecular complexity index is 264. The Morgan fingerprint density at radius 2 is 1.53 bits per heavy atom. The van der Waals surface area contributed by atoms with Crippen molar-refractivity contribution in [1.82, 2.24) is 0 Å². The van der Waals surface area contributed by atoms with E-state index in [4.69, 9.17) is 0 Å². The zero-order chi connectivity index (χ0) is 13.8. The standard InChI is InChI=1S/C13H23F3S/c1-8(2)7-12(13(14,15)16)10(5)11(6)17-9(3)4/h8-9,11H,7H2,1-6H3/b12-10+. The summed E-state index contributed by atoms with van der Waals surface area (Å²) in [7, 11) is 0. The van der Waals surface area contributed by atoms with Crippen LogP contribution in [0.3, 0.4) is 0 Å². The predicted octanol–water partition coefficient (Wildman–Crippen LogP) is 5.44. The first kappa shape index (κ1) is 16.9. The van der Waals surface area contributed by atoms with Gasteiger partial charge in [-0.05, 0) is 31.4 Å². The summed E-state index contributed by atoms with van der Waals surface area (Å²) in [4.78, 5) is 0. The van der Waals surface area contributed by atoms with Crippen LogP contribution in [0.4, 0.5) is 13.2 Å². The van der Waals surface area contributed by atoms with E-state index in [2.05, 4.69) is 0 Å². The number of rotatable bonds is 5. The molecule has 1 atom stereocenters. The molecule has 0 aliphatic rings. The summed E-state index contributed by atoms with van der Waals surface area (Å²) < 4.78 is 38.9. The molecular weight excluding hydrogens is 245 g/mol. The molecule has 1 unspecified atom stereocenters. The molecule has 0 aromatic carbocycles. The van der Waals surface area contributed by atoms with Gasteiger partial charge < -0.3 is 0 Å². The first-order valence-electron chi connectivity index (χ1n) is 5.98. The molecule has 0 heterocycles. The number of hydrogen-bond donors (Lipinski definition) is 0. The SMILES string of the molecule is C/C(=C(/CC(C)C)C(F)(F)F)C(C)SC(C)C. The van der Waals surface area contributed by atoms with Gasteiger partial charge in [-0.25, -0.2) is 0 Å². The minimum atomic E-state index is -4.19. The largest absolute Gasteiger partial charge is 0.412 e. The predicted molar refractivity (Wildman–Crippen MR) is 70.4 cm³/mol. The highest BCUT2D eigenvalue weighted by atomic mass is 32.2. The summed E-state index contributed by atoms with van der Waals surface area (Å²) in [6.07, 6.45) is -4.08. The summed E-state index contributed by atoms with van der Waals surface area (Å²) in [5, 5.41) is 0.263. The van der Waals surface area contributed by atoms with Gasteiger partial charge in [0.25, 0.3) is 0 Å². The van der Waals surface area contributed by atoms with Crippen LogP contribution in [-0.2, 0) is 0 Å². The first-order valence-corrected chi connectivity index (χ1v) is 6.92. The number of halogens is 3. The molecule has 0 fully saturated rings. The van der Waals surface area contributed by atoms with Crippen molar-refractivity contribution in [3.8, 4) is 0 Å². The Labute approximate surface area is 107 Å². The second-order valence-corrected chi connectivity index (χ2v) is 7.01. The maximum absolute atomic E-state index is 13.0. The number of allylic oxidation sites excluding steroid dienone is 1. The smallest absolute Gasteiger partial charge is 0.166 e. The van der Waals surface area contributed by atoms with Gasteiger partial charge in [-0.2, -0.15) is 24.9 Å². The van der Waals surface area contributed by atoms with Gasteiger partial charge in [0.05, 0.1) is 0 Å². The minimum Gasteiger partial charge on any atom is -0.166 e. The number of hydrogen-bond acceptors (Lipinski definition) is 1. The molecule has 0 radical (unpaired) electrons. The molecule has 17 heavy (non-hydrogen) atoms. The molecule has 0 N–H and O–H groups in total. The summed E-state index contributed by atoms with van der Waals surface area (Å²) >= 11 is 1.58. The van der Waals surface area contributed by atoms with Crippen molar-refractivity contribution in [2.45, 2.75) is 64.6 Å². The Morgan fingerprint density at radius 3 is 1.82 bits per heavy atom. The van der Waals surface area contributed by atoms with Crippen molar-refractivity contribution in [2.75, 3.05) is 0 Å². The Hall–Kier alpha value is -0.120. The highest BCUT2D eigenvalue weighted by Crippen LogP contribution is 2.36. The first-order chi connectivity index (χ1) is 7.55. The van der Waals surface area contributed by atoms with Gasteiger partial charge in [-0.3, -0.25) is 0 Å². The van der Waals surface area contributed by atoms with Crippen LogP contribution in [0.5, 0.6) is 0 Å². The van der Waals surface area contributed by atoms with Gasteiger partial charge in [0.2, 0.25) is 0 Å². The fraction of sp³-hybridized carbons (Fsp3) is 0.846. The minimum absolute atomic E-state index is 0.0258. The lowest BCUT2D eigenvalue weighted by Crippen LogP contribution is -2.19. The van der Waals surface area contributed by atoms with E-state index in [0.717, 1.165) is 0 Å². The fourth-order valence-corrected chi connectivity index (χ4v) is 2.83. The van der Waals surface area contributed by atoms with Crippen LogP contribution in [0.1, 0.15) is 48.0 Å². The molecule has 102 valence electrons. The Kier molecular flexibility index (Phi) is 6.67. The monoisotopic (exact) mass is 268 g/mol. The third-order valence-corrected chi connectivity index (χ3v) is 3.82. The third kappa shape index (κ3) is 6.39. The second kappa shape index (κ2) is 6.72. The van der Waals surface area contributed by atoms with E-state index in [1.165, 1.54) is 0 Å². The van der Waals surface area contributed by atoms with Gasteiger partial charge in [-0.15, -0.1) is 0 Å². The van der Waals surface area contributed by atoms with Crippen molar-refractivity contribution in [3.63, 3.8) is 0 Å². The molecule has 0 saturated heterocycles. The van der Waals surface area contributed by atoms with E-state index in [1.54, 1.807) is 18.7 Å². The molecule has 0 aliphatic carbocycles. The zero-order valence-electron chi connectivity index (χ0n) is 11.5. The number of alkyl halides is 3. The topological polar surface area (TPSA) is 0 Å². The van der Waals surface area contributed by atoms with Crippen molar-refractivity contribution in [2.24, 2.45) is 5.92 Å². The third-order valence-electron chi connectivity index (χ3n) is 2.52. The van der Waals surface area contributed by atoms with E-state index < -0.39 is 6.18 Å². The molecule has 0 rings (SSSR count). The lowest BCUT2D eigenvalue weighted by atomic mass is 9.97. The molecule has 0 bridgehead atoms. The summed E-state index contributed by atoms with van der Waals surface area (Å²) in [5.74, 6) is 0.0258. The molecule has 0 aromatic heterocycles. The molecule has 0 aliphatic heterocycles. The molecular formula is C13H23F3S. The quantitative estimate of drug-likeness (QED) is 0.598. The Balaban J connectivity index is 5.09.